The Morgan fingerprint density at radius 2 is 2.53 bits per heavy atom. The Bertz CT molecular complexity index is 302. The second-order valence-corrected chi connectivity index (χ2v) is 4.13. The number of esters is 1. The first kappa shape index (κ1) is 11.9. The van der Waals surface area contributed by atoms with E-state index in [0.29, 0.717) is 19.0 Å². The quantitative estimate of drug-likeness (QED) is 0.706. The van der Waals surface area contributed by atoms with Crippen LogP contribution in [0.25, 0.3) is 0 Å². The van der Waals surface area contributed by atoms with E-state index in [1.54, 1.807) is 13.3 Å². The van der Waals surface area contributed by atoms with Crippen LogP contribution in [0.15, 0.2) is 15.7 Å². The van der Waals surface area contributed by atoms with Gasteiger partial charge in [0.15, 0.2) is 0 Å². The summed E-state index contributed by atoms with van der Waals surface area (Å²) in [6.07, 6.45) is 1.67. The number of thioether (sulfide) groups is 1. The summed E-state index contributed by atoms with van der Waals surface area (Å²) in [4.78, 5) is 17.9. The van der Waals surface area contributed by atoms with Gasteiger partial charge in [0, 0.05) is 12.0 Å². The number of carbonyl (C=O) groups is 1. The summed E-state index contributed by atoms with van der Waals surface area (Å²) in [7, 11) is 1.90. The van der Waals surface area contributed by atoms with Gasteiger partial charge >= 0.3 is 5.97 Å². The summed E-state index contributed by atoms with van der Waals surface area (Å²) in [5.74, 6) is 0.551. The summed E-state index contributed by atoms with van der Waals surface area (Å²) in [6.45, 7) is 2.89. The molecule has 84 valence electrons. The fourth-order valence-corrected chi connectivity index (χ4v) is 1.92. The molecule has 6 heteroatoms. The van der Waals surface area contributed by atoms with Gasteiger partial charge in [0.1, 0.15) is 5.82 Å². The Kier molecular flexibility index (Phi) is 4.48. The standard InChI is InChI=1S/C9H15N3O2S/c1-3-14-8(13)5-15-7-4-12(2)6-11-9(7)10/h6H,3-5,10H2,1-2H3. The Balaban J connectivity index is 2.44. The number of aliphatic imine (C=N–C) groups is 1. The van der Waals surface area contributed by atoms with E-state index in [-0.39, 0.29) is 11.7 Å². The summed E-state index contributed by atoms with van der Waals surface area (Å²) in [5, 5.41) is 0. The van der Waals surface area contributed by atoms with E-state index < -0.39 is 0 Å². The van der Waals surface area contributed by atoms with Crippen molar-refractivity contribution in [3.8, 4) is 0 Å². The molecule has 1 rings (SSSR count). The van der Waals surface area contributed by atoms with Crippen LogP contribution in [0.3, 0.4) is 0 Å². The number of nitrogens with two attached hydrogens (primary N) is 1. The Hall–Kier alpha value is -1.17. The molecule has 5 nitrogen and oxygen atoms in total. The minimum atomic E-state index is -0.222. The molecular weight excluding hydrogens is 214 g/mol. The molecule has 0 saturated carbocycles. The molecule has 1 aliphatic rings. The molecule has 2 N–H and O–H groups in total. The van der Waals surface area contributed by atoms with Crippen LogP contribution in [0.5, 0.6) is 0 Å². The lowest BCUT2D eigenvalue weighted by Gasteiger charge is -2.20. The van der Waals surface area contributed by atoms with Crippen LogP contribution in [0.1, 0.15) is 6.92 Å². The minimum Gasteiger partial charge on any atom is -0.465 e. The number of rotatable bonds is 4. The summed E-state index contributed by atoms with van der Waals surface area (Å²) >= 11 is 1.38. The third kappa shape index (κ3) is 3.83. The van der Waals surface area contributed by atoms with Gasteiger partial charge < -0.3 is 15.4 Å². The molecule has 0 fully saturated rings. The predicted molar refractivity (Wildman–Crippen MR) is 61.4 cm³/mol. The van der Waals surface area contributed by atoms with Crippen LogP contribution in [0.2, 0.25) is 0 Å². The van der Waals surface area contributed by atoms with Crippen LogP contribution in [-0.4, -0.2) is 43.2 Å². The maximum Gasteiger partial charge on any atom is 0.316 e. The zero-order valence-electron chi connectivity index (χ0n) is 8.90. The number of nitrogens with zero attached hydrogens (tertiary/aromatic N) is 2. The molecule has 0 unspecified atom stereocenters. The number of hydrogen-bond donors (Lipinski definition) is 1. The van der Waals surface area contributed by atoms with E-state index in [4.69, 9.17) is 10.5 Å². The van der Waals surface area contributed by atoms with Gasteiger partial charge in [-0.25, -0.2) is 4.99 Å². The SMILES string of the molecule is CCOC(=O)CSC1=C(N)N=CN(C)C1. The molecule has 0 aromatic carbocycles. The zero-order chi connectivity index (χ0) is 11.3. The molecule has 1 aliphatic heterocycles. The average Bonchev–Trinajstić information content (AvgIpc) is 2.20. The molecule has 0 aromatic heterocycles. The third-order valence-corrected chi connectivity index (χ3v) is 2.81. The second-order valence-electron chi connectivity index (χ2n) is 3.06. The van der Waals surface area contributed by atoms with E-state index in [2.05, 4.69) is 4.99 Å². The molecule has 0 aromatic rings. The monoisotopic (exact) mass is 229 g/mol. The molecule has 0 saturated heterocycles. The van der Waals surface area contributed by atoms with Gasteiger partial charge in [0.05, 0.1) is 25.2 Å². The van der Waals surface area contributed by atoms with Crippen LogP contribution in [-0.2, 0) is 9.53 Å². The molecule has 0 spiro atoms. The average molecular weight is 229 g/mol. The van der Waals surface area contributed by atoms with Gasteiger partial charge in [-0.05, 0) is 6.92 Å². The van der Waals surface area contributed by atoms with E-state index >= 15 is 0 Å². The summed E-state index contributed by atoms with van der Waals surface area (Å²) in [5.41, 5.74) is 5.68. The fourth-order valence-electron chi connectivity index (χ4n) is 1.05. The number of likely N-dealkylation sites (N-methyl/N-ethyl adjacent to an activating group) is 1. The van der Waals surface area contributed by atoms with Gasteiger partial charge in [0.25, 0.3) is 0 Å². The van der Waals surface area contributed by atoms with Gasteiger partial charge in [0.2, 0.25) is 0 Å². The lowest BCUT2D eigenvalue weighted by molar-refractivity contribution is -0.139. The van der Waals surface area contributed by atoms with Crippen molar-refractivity contribution in [2.45, 2.75) is 6.92 Å². The molecule has 15 heavy (non-hydrogen) atoms. The van der Waals surface area contributed by atoms with Gasteiger partial charge in [-0.3, -0.25) is 4.79 Å². The lowest BCUT2D eigenvalue weighted by Crippen LogP contribution is -2.25. The maximum absolute atomic E-state index is 11.1. The van der Waals surface area contributed by atoms with Crippen molar-refractivity contribution >= 4 is 24.1 Å². The second kappa shape index (κ2) is 5.65. The highest BCUT2D eigenvalue weighted by atomic mass is 32.2. The smallest absolute Gasteiger partial charge is 0.316 e. The van der Waals surface area contributed by atoms with Gasteiger partial charge in [-0.15, -0.1) is 11.8 Å². The highest BCUT2D eigenvalue weighted by Gasteiger charge is 2.13. The predicted octanol–water partition coefficient (Wildman–Crippen LogP) is 0.384. The molecule has 0 bridgehead atoms. The molecule has 1 heterocycles. The number of carbonyl (C=O) groups excluding carboxylic acids is 1. The molecule has 0 amide bonds. The van der Waals surface area contributed by atoms with Crippen molar-refractivity contribution in [2.75, 3.05) is 26.0 Å². The number of ether oxygens (including phenoxy) is 1. The number of hydrogen-bond acceptors (Lipinski definition) is 6. The van der Waals surface area contributed by atoms with Crippen LogP contribution >= 0.6 is 11.8 Å². The van der Waals surface area contributed by atoms with Crippen molar-refractivity contribution in [1.29, 1.82) is 0 Å². The summed E-state index contributed by atoms with van der Waals surface area (Å²) in [6, 6.07) is 0. The highest BCUT2D eigenvalue weighted by Crippen LogP contribution is 2.21. The van der Waals surface area contributed by atoms with E-state index in [0.717, 1.165) is 4.91 Å². The van der Waals surface area contributed by atoms with Crippen molar-refractivity contribution < 1.29 is 9.53 Å². The van der Waals surface area contributed by atoms with Gasteiger partial charge in [-0.1, -0.05) is 0 Å². The molecule has 0 aliphatic carbocycles. The van der Waals surface area contributed by atoms with E-state index in [1.807, 2.05) is 11.9 Å². The molecule has 0 radical (unpaired) electrons. The minimum absolute atomic E-state index is 0.222. The van der Waals surface area contributed by atoms with Crippen LogP contribution in [0, 0.1) is 0 Å². The largest absolute Gasteiger partial charge is 0.465 e. The topological polar surface area (TPSA) is 67.9 Å². The Labute approximate surface area is 93.4 Å². The van der Waals surface area contributed by atoms with Gasteiger partial charge in [-0.2, -0.15) is 0 Å². The zero-order valence-corrected chi connectivity index (χ0v) is 9.71. The van der Waals surface area contributed by atoms with E-state index in [1.165, 1.54) is 11.8 Å². The van der Waals surface area contributed by atoms with Crippen molar-refractivity contribution in [2.24, 2.45) is 10.7 Å². The first-order chi connectivity index (χ1) is 7.13. The first-order valence-electron chi connectivity index (χ1n) is 4.65. The first-order valence-corrected chi connectivity index (χ1v) is 5.63. The molecule has 0 atom stereocenters. The van der Waals surface area contributed by atoms with Crippen molar-refractivity contribution in [3.05, 3.63) is 10.7 Å². The maximum atomic E-state index is 11.1. The summed E-state index contributed by atoms with van der Waals surface area (Å²) < 4.78 is 4.82. The normalized spacial score (nSPS) is 15.7. The van der Waals surface area contributed by atoms with E-state index in [9.17, 15) is 4.79 Å². The highest BCUT2D eigenvalue weighted by molar-refractivity contribution is 8.03. The van der Waals surface area contributed by atoms with Crippen molar-refractivity contribution in [1.82, 2.24) is 4.90 Å². The van der Waals surface area contributed by atoms with Crippen LogP contribution in [0.4, 0.5) is 0 Å². The lowest BCUT2D eigenvalue weighted by atomic mass is 10.5. The molecular formula is C9H15N3O2S. The van der Waals surface area contributed by atoms with Crippen LogP contribution < -0.4 is 5.73 Å². The fraction of sp³-hybridized carbons (Fsp3) is 0.556. The van der Waals surface area contributed by atoms with Crippen molar-refractivity contribution in [3.63, 3.8) is 0 Å². The Morgan fingerprint density at radius 3 is 3.20 bits per heavy atom. The Morgan fingerprint density at radius 1 is 1.80 bits per heavy atom. The third-order valence-electron chi connectivity index (χ3n) is 1.74.